The van der Waals surface area contributed by atoms with Gasteiger partial charge in [0.05, 0.1) is 11.1 Å². The summed E-state index contributed by atoms with van der Waals surface area (Å²) in [5, 5.41) is 2.77. The van der Waals surface area contributed by atoms with Crippen molar-refractivity contribution in [1.82, 2.24) is 9.80 Å². The third-order valence-electron chi connectivity index (χ3n) is 5.45. The third-order valence-corrected chi connectivity index (χ3v) is 5.45. The second-order valence-corrected chi connectivity index (χ2v) is 7.63. The van der Waals surface area contributed by atoms with Crippen molar-refractivity contribution < 1.29 is 14.4 Å². The van der Waals surface area contributed by atoms with Crippen molar-refractivity contribution in [1.29, 1.82) is 0 Å². The van der Waals surface area contributed by atoms with Crippen molar-refractivity contribution >= 4 is 29.1 Å². The summed E-state index contributed by atoms with van der Waals surface area (Å²) in [5.41, 5.74) is 3.37. The molecular formula is C22H24N4O3. The predicted molar refractivity (Wildman–Crippen MR) is 111 cm³/mol. The molecule has 0 atom stereocenters. The van der Waals surface area contributed by atoms with Gasteiger partial charge in [0.1, 0.15) is 6.54 Å². The van der Waals surface area contributed by atoms with Gasteiger partial charge in [-0.3, -0.25) is 19.3 Å². The van der Waals surface area contributed by atoms with Crippen LogP contribution in [0.1, 0.15) is 26.3 Å². The van der Waals surface area contributed by atoms with Gasteiger partial charge in [-0.05, 0) is 50.4 Å². The van der Waals surface area contributed by atoms with Crippen molar-refractivity contribution in [3.05, 3.63) is 59.2 Å². The second-order valence-electron chi connectivity index (χ2n) is 7.63. The molecule has 2 aromatic carbocycles. The summed E-state index contributed by atoms with van der Waals surface area (Å²) in [4.78, 5) is 43.0. The quantitative estimate of drug-likeness (QED) is 0.806. The van der Waals surface area contributed by atoms with Gasteiger partial charge in [0, 0.05) is 37.6 Å². The van der Waals surface area contributed by atoms with E-state index in [1.807, 2.05) is 31.2 Å². The van der Waals surface area contributed by atoms with Crippen LogP contribution in [0, 0.1) is 6.92 Å². The summed E-state index contributed by atoms with van der Waals surface area (Å²) < 4.78 is 0. The molecular weight excluding hydrogens is 368 g/mol. The molecule has 4 rings (SSSR count). The zero-order valence-corrected chi connectivity index (χ0v) is 16.6. The minimum absolute atomic E-state index is 0.300. The fourth-order valence-corrected chi connectivity index (χ4v) is 3.71. The number of imide groups is 1. The molecule has 1 fully saturated rings. The summed E-state index contributed by atoms with van der Waals surface area (Å²) in [7, 11) is 2.12. The van der Waals surface area contributed by atoms with Gasteiger partial charge >= 0.3 is 0 Å². The lowest BCUT2D eigenvalue weighted by Crippen LogP contribution is -2.44. The zero-order valence-electron chi connectivity index (χ0n) is 16.6. The number of hydrogen-bond acceptors (Lipinski definition) is 5. The molecule has 1 saturated heterocycles. The van der Waals surface area contributed by atoms with Crippen molar-refractivity contribution in [2.45, 2.75) is 6.92 Å². The number of amides is 3. The molecule has 2 aliphatic rings. The summed E-state index contributed by atoms with van der Waals surface area (Å²) >= 11 is 0. The van der Waals surface area contributed by atoms with Crippen LogP contribution in [0.15, 0.2) is 42.5 Å². The number of carbonyl (C=O) groups excluding carboxylic acids is 3. The Labute approximate surface area is 169 Å². The average molecular weight is 392 g/mol. The number of benzene rings is 2. The number of anilines is 2. The number of fused-ring (bicyclic) bond motifs is 1. The van der Waals surface area contributed by atoms with Crippen molar-refractivity contribution in [3.63, 3.8) is 0 Å². The maximum Gasteiger partial charge on any atom is 0.262 e. The Morgan fingerprint density at radius 1 is 0.931 bits per heavy atom. The second kappa shape index (κ2) is 7.67. The van der Waals surface area contributed by atoms with E-state index in [1.54, 1.807) is 18.2 Å². The van der Waals surface area contributed by atoms with E-state index in [0.29, 0.717) is 16.8 Å². The Morgan fingerprint density at radius 3 is 2.28 bits per heavy atom. The van der Waals surface area contributed by atoms with E-state index in [4.69, 9.17) is 0 Å². The zero-order chi connectivity index (χ0) is 20.5. The van der Waals surface area contributed by atoms with Crippen LogP contribution in [0.2, 0.25) is 0 Å². The molecule has 1 N–H and O–H groups in total. The van der Waals surface area contributed by atoms with Gasteiger partial charge in [-0.1, -0.05) is 11.6 Å². The number of nitrogens with zero attached hydrogens (tertiary/aromatic N) is 3. The van der Waals surface area contributed by atoms with E-state index in [-0.39, 0.29) is 6.54 Å². The van der Waals surface area contributed by atoms with E-state index in [2.05, 4.69) is 22.2 Å². The number of hydrogen-bond donors (Lipinski definition) is 1. The highest BCUT2D eigenvalue weighted by Gasteiger charge is 2.36. The Balaban J connectivity index is 1.38. The fourth-order valence-electron chi connectivity index (χ4n) is 3.71. The first-order valence-corrected chi connectivity index (χ1v) is 9.72. The van der Waals surface area contributed by atoms with Gasteiger partial charge in [-0.25, -0.2) is 0 Å². The lowest BCUT2D eigenvalue weighted by molar-refractivity contribution is -0.116. The molecule has 0 bridgehead atoms. The van der Waals surface area contributed by atoms with Crippen LogP contribution in [0.25, 0.3) is 0 Å². The van der Waals surface area contributed by atoms with Crippen LogP contribution in [-0.4, -0.2) is 67.3 Å². The lowest BCUT2D eigenvalue weighted by atomic mass is 10.1. The molecule has 0 spiro atoms. The van der Waals surface area contributed by atoms with Gasteiger partial charge in [0.2, 0.25) is 5.91 Å². The van der Waals surface area contributed by atoms with Crippen molar-refractivity contribution in [2.24, 2.45) is 0 Å². The van der Waals surface area contributed by atoms with Crippen LogP contribution in [0.5, 0.6) is 0 Å². The first-order chi connectivity index (χ1) is 13.9. The summed E-state index contributed by atoms with van der Waals surface area (Å²) in [6.07, 6.45) is 0. The number of carbonyl (C=O) groups is 3. The molecule has 0 radical (unpaired) electrons. The van der Waals surface area contributed by atoms with E-state index in [0.717, 1.165) is 42.3 Å². The van der Waals surface area contributed by atoms with E-state index < -0.39 is 17.7 Å². The number of rotatable bonds is 4. The van der Waals surface area contributed by atoms with Crippen LogP contribution in [0.3, 0.4) is 0 Å². The lowest BCUT2D eigenvalue weighted by Gasteiger charge is -2.34. The van der Waals surface area contributed by atoms with E-state index >= 15 is 0 Å². The van der Waals surface area contributed by atoms with Crippen LogP contribution < -0.4 is 10.2 Å². The largest absolute Gasteiger partial charge is 0.369 e. The highest BCUT2D eigenvalue weighted by molar-refractivity contribution is 6.22. The van der Waals surface area contributed by atoms with Gasteiger partial charge in [0.15, 0.2) is 0 Å². The highest BCUT2D eigenvalue weighted by atomic mass is 16.2. The molecule has 0 aliphatic carbocycles. The molecule has 7 nitrogen and oxygen atoms in total. The smallest absolute Gasteiger partial charge is 0.262 e. The molecule has 0 aromatic heterocycles. The molecule has 2 heterocycles. The maximum atomic E-state index is 12.5. The van der Waals surface area contributed by atoms with Crippen molar-refractivity contribution in [3.8, 4) is 0 Å². The SMILES string of the molecule is Cc1ccc2c(c1)C(=O)N(CC(=O)Nc1ccc(N3CCN(C)CC3)cc1)C2=O. The molecule has 2 aromatic rings. The maximum absolute atomic E-state index is 12.5. The number of aryl methyl sites for hydroxylation is 1. The highest BCUT2D eigenvalue weighted by Crippen LogP contribution is 2.24. The van der Waals surface area contributed by atoms with Crippen LogP contribution in [0.4, 0.5) is 11.4 Å². The minimum atomic E-state index is -0.425. The third kappa shape index (κ3) is 3.86. The first-order valence-electron chi connectivity index (χ1n) is 9.72. The Bertz CT molecular complexity index is 963. The molecule has 7 heteroatoms. The van der Waals surface area contributed by atoms with E-state index in [1.165, 1.54) is 0 Å². The summed E-state index contributed by atoms with van der Waals surface area (Å²) in [6.45, 7) is 5.56. The van der Waals surface area contributed by atoms with Gasteiger partial charge < -0.3 is 15.1 Å². The van der Waals surface area contributed by atoms with Crippen LogP contribution in [-0.2, 0) is 4.79 Å². The van der Waals surface area contributed by atoms with Crippen LogP contribution >= 0.6 is 0 Å². The average Bonchev–Trinajstić information content (AvgIpc) is 2.93. The Morgan fingerprint density at radius 2 is 1.59 bits per heavy atom. The normalized spacial score (nSPS) is 16.9. The fraction of sp³-hybridized carbons (Fsp3) is 0.318. The Hall–Kier alpha value is -3.19. The first kappa shape index (κ1) is 19.1. The Kier molecular flexibility index (Phi) is 5.07. The molecule has 3 amide bonds. The molecule has 0 unspecified atom stereocenters. The molecule has 0 saturated carbocycles. The predicted octanol–water partition coefficient (Wildman–Crippen LogP) is 1.98. The topological polar surface area (TPSA) is 73.0 Å². The number of likely N-dealkylation sites (N-methyl/N-ethyl adjacent to an activating group) is 1. The van der Waals surface area contributed by atoms with Gasteiger partial charge in [0.25, 0.3) is 11.8 Å². The molecule has 2 aliphatic heterocycles. The van der Waals surface area contributed by atoms with Gasteiger partial charge in [-0.15, -0.1) is 0 Å². The van der Waals surface area contributed by atoms with Crippen molar-refractivity contribution in [2.75, 3.05) is 50.0 Å². The number of piperazine rings is 1. The standard InChI is InChI=1S/C22H24N4O3/c1-15-3-8-18-19(13-15)22(29)26(21(18)28)14-20(27)23-16-4-6-17(7-5-16)25-11-9-24(2)10-12-25/h3-8,13H,9-12,14H2,1-2H3,(H,23,27). The number of nitrogens with one attached hydrogen (secondary N) is 1. The monoisotopic (exact) mass is 392 g/mol. The van der Waals surface area contributed by atoms with Gasteiger partial charge in [-0.2, -0.15) is 0 Å². The summed E-state index contributed by atoms with van der Waals surface area (Å²) in [5.74, 6) is -1.25. The molecule has 29 heavy (non-hydrogen) atoms. The summed E-state index contributed by atoms with van der Waals surface area (Å²) in [6, 6.07) is 12.8. The molecule has 150 valence electrons. The minimum Gasteiger partial charge on any atom is -0.369 e. The van der Waals surface area contributed by atoms with E-state index in [9.17, 15) is 14.4 Å².